The summed E-state index contributed by atoms with van der Waals surface area (Å²) in [5.74, 6) is 1.72. The molecule has 0 saturated carbocycles. The number of fused-ring (bicyclic) bond motifs is 8. The molecule has 0 bridgehead atoms. The van der Waals surface area contributed by atoms with Crippen molar-refractivity contribution in [1.82, 2.24) is 19.1 Å². The molecule has 4 aromatic heterocycles. The Bertz CT molecular complexity index is 7600. The molecule has 2 aliphatic heterocycles. The van der Waals surface area contributed by atoms with Gasteiger partial charge in [0.05, 0.1) is 0 Å². The summed E-state index contributed by atoms with van der Waals surface area (Å²) in [7, 11) is 0. The maximum atomic E-state index is 5.14. The predicted octanol–water partition coefficient (Wildman–Crippen LogP) is 35.0. The van der Waals surface area contributed by atoms with Crippen LogP contribution in [-0.4, -0.2) is 19.1 Å². The van der Waals surface area contributed by atoms with Crippen molar-refractivity contribution < 1.29 is 42.1 Å². The zero-order valence-electron chi connectivity index (χ0n) is 87.0. The molecule has 0 saturated heterocycles. The topological polar surface area (TPSA) is 55.1 Å². The summed E-state index contributed by atoms with van der Waals surface area (Å²) in [5.41, 5.74) is 32.1. The van der Waals surface area contributed by atoms with Gasteiger partial charge in [0.15, 0.2) is 0 Å². The van der Waals surface area contributed by atoms with E-state index in [1.807, 2.05) is 12.4 Å². The van der Waals surface area contributed by atoms with Crippen LogP contribution in [-0.2, 0) is 90.9 Å². The first kappa shape index (κ1) is 101. The van der Waals surface area contributed by atoms with Gasteiger partial charge in [0.1, 0.15) is 11.6 Å². The van der Waals surface area contributed by atoms with Crippen LogP contribution in [0.1, 0.15) is 234 Å². The molecule has 0 N–H and O–H groups in total. The molecular formula is C130H132N10Pt2-6. The van der Waals surface area contributed by atoms with Crippen molar-refractivity contribution in [2.45, 2.75) is 222 Å². The summed E-state index contributed by atoms with van der Waals surface area (Å²) in [4.78, 5) is 24.0. The van der Waals surface area contributed by atoms with E-state index < -0.39 is 0 Å². The van der Waals surface area contributed by atoms with Crippen LogP contribution in [0.5, 0.6) is 0 Å². The third-order valence-corrected chi connectivity index (χ3v) is 28.5. The molecule has 0 aliphatic carbocycles. The maximum absolute atomic E-state index is 5.14. The molecule has 6 heterocycles. The number of para-hydroxylation sites is 8. The van der Waals surface area contributed by atoms with Crippen LogP contribution >= 0.6 is 0 Å². The molecule has 0 unspecified atom stereocenters. The van der Waals surface area contributed by atoms with Gasteiger partial charge in [-0.1, -0.05) is 359 Å². The Hall–Kier alpha value is -12.8. The minimum atomic E-state index is -0.312. The average Bonchev–Trinajstić information content (AvgIpc) is 1.60. The minimum Gasteiger partial charge on any atom is -0.493 e. The van der Waals surface area contributed by atoms with Crippen LogP contribution in [0.3, 0.4) is 0 Å². The number of rotatable bonds is 16. The molecule has 142 heavy (non-hydrogen) atoms. The number of benzene rings is 14. The largest absolute Gasteiger partial charge is 0.493 e. The first-order valence-corrected chi connectivity index (χ1v) is 49.6. The Labute approximate surface area is 873 Å². The summed E-state index contributed by atoms with van der Waals surface area (Å²) < 4.78 is 4.58. The van der Waals surface area contributed by atoms with E-state index in [2.05, 4.69) is 571 Å². The van der Waals surface area contributed by atoms with Crippen molar-refractivity contribution in [2.75, 3.05) is 29.4 Å². The molecule has 2 aliphatic rings. The molecule has 0 atom stereocenters. The van der Waals surface area contributed by atoms with Crippen LogP contribution in [0.25, 0.3) is 55.2 Å². The van der Waals surface area contributed by atoms with Gasteiger partial charge in [-0.3, -0.25) is 0 Å². The quantitative estimate of drug-likeness (QED) is 0.0887. The van der Waals surface area contributed by atoms with Crippen LogP contribution in [0, 0.1) is 37.6 Å². The Kier molecular flexibility index (Phi) is 27.0. The van der Waals surface area contributed by atoms with Gasteiger partial charge in [-0.2, -0.15) is 24.3 Å². The van der Waals surface area contributed by atoms with Gasteiger partial charge in [0.25, 0.3) is 0 Å². The van der Waals surface area contributed by atoms with E-state index in [-0.39, 0.29) is 90.9 Å². The fourth-order valence-electron chi connectivity index (χ4n) is 19.6. The predicted molar refractivity (Wildman–Crippen MR) is 593 cm³/mol. The number of hydrogen-bond acceptors (Lipinski definition) is 8. The SMILES string of the molecule is CC(C)(C)c1cc(N2[CH-]N(c3[c-]c(N(c4[c-]c5c(cc4)c4ccccc4n5-c4cc(C(C)(C)c5cc(C(C)(C)C)cc(C(C)(C)C)c5)ccn4)c4ccccc4)ccc3)c3ccccc32)cc(C(C)(C)C)c1.CC(C)(C)c1ccc(C(C)(C)c2ccnc(-n3c4[c-]c(N(c5[c-]c(N6[CH-]N(c7cc(C(C)(C)C)cc(C(C)(C)C)c7)c7ccccc76)ccc5)c5ccccc5)ccc4c4ccccc43)c2)cc1.[Pt].[Pt]. The fraction of sp³-hybridized carbons (Fsp3) is 0.262. The molecule has 18 aromatic rings. The van der Waals surface area contributed by atoms with Crippen molar-refractivity contribution in [1.29, 1.82) is 0 Å². The van der Waals surface area contributed by atoms with Gasteiger partial charge in [0.2, 0.25) is 0 Å². The zero-order valence-corrected chi connectivity index (χ0v) is 91.6. The summed E-state index contributed by atoms with van der Waals surface area (Å²) in [6.07, 6.45) is 3.93. The molecule has 14 aromatic carbocycles. The summed E-state index contributed by atoms with van der Waals surface area (Å²) in [6, 6.07) is 133. The van der Waals surface area contributed by atoms with E-state index >= 15 is 0 Å². The minimum absolute atomic E-state index is 0. The third-order valence-electron chi connectivity index (χ3n) is 28.5. The molecule has 10 nitrogen and oxygen atoms in total. The number of nitrogens with zero attached hydrogens (tertiary/aromatic N) is 10. The maximum Gasteiger partial charge on any atom is 0.135 e. The molecule has 0 fully saturated rings. The summed E-state index contributed by atoms with van der Waals surface area (Å²) in [6.45, 7) is 62.0. The molecule has 728 valence electrons. The second-order valence-corrected chi connectivity index (χ2v) is 46.5. The van der Waals surface area contributed by atoms with Crippen LogP contribution in [0.4, 0.5) is 79.6 Å². The normalized spacial score (nSPS) is 13.3. The second-order valence-electron chi connectivity index (χ2n) is 46.5. The number of hydrogen-bond donors (Lipinski definition) is 0. The molecule has 0 amide bonds. The first-order chi connectivity index (χ1) is 66.3. The van der Waals surface area contributed by atoms with Crippen molar-refractivity contribution in [3.8, 4) is 11.6 Å². The van der Waals surface area contributed by atoms with E-state index in [0.717, 1.165) is 135 Å². The number of aromatic nitrogens is 4. The van der Waals surface area contributed by atoms with Gasteiger partial charge < -0.3 is 38.5 Å². The van der Waals surface area contributed by atoms with E-state index in [9.17, 15) is 0 Å². The molecule has 0 radical (unpaired) electrons. The van der Waals surface area contributed by atoms with E-state index in [0.29, 0.717) is 0 Å². The third kappa shape index (κ3) is 19.6. The van der Waals surface area contributed by atoms with Crippen LogP contribution in [0.2, 0.25) is 0 Å². The fourth-order valence-corrected chi connectivity index (χ4v) is 19.6. The number of anilines is 14. The Morgan fingerprint density at radius 2 is 0.528 bits per heavy atom. The van der Waals surface area contributed by atoms with Crippen LogP contribution < -0.4 is 29.4 Å². The van der Waals surface area contributed by atoms with Gasteiger partial charge in [-0.15, -0.1) is 96.1 Å². The summed E-state index contributed by atoms with van der Waals surface area (Å²) >= 11 is 0. The zero-order chi connectivity index (χ0) is 98.9. The molecule has 12 heteroatoms. The Balaban J connectivity index is 0.000000193. The van der Waals surface area contributed by atoms with E-state index in [1.165, 1.54) is 61.2 Å². The number of pyridine rings is 2. The molecular weight excluding hydrogens is 2090 g/mol. The van der Waals surface area contributed by atoms with Crippen LogP contribution in [0.15, 0.2) is 334 Å². The van der Waals surface area contributed by atoms with Crippen molar-refractivity contribution in [3.05, 3.63) is 433 Å². The molecule has 20 rings (SSSR count). The standard InChI is InChI=1S/C67H70N5.C63H62N5.2Pt/c1-63(2,3)46-35-47(64(4,5)6)38-50(37-46)67(13,14)45-33-34-68-62(41-45)72-58-28-19-18-27-56(58)57-32-31-54(43-61(57)72)71(51-23-16-15-17-24-51)53-26-22-25-52(42-53)69-44-70(60-30-21-20-29-59(60)69)55-39-48(65(7,8)9)36-49(40-55)66(10,11)12;1-60(2,3)43-28-30-44(31-29-43)63(10,11)45-34-35-64-59(39-45)68-55-25-16-15-24-53(55)54-33-32-51(41-58(54)68)67(48-20-13-12-14-21-48)50-23-19-22-49(40-50)65-42-66(57-27-18-17-26-56(57)65)52-37-46(61(4,5)6)36-47(38-52)62(7,8)9;;/h15-41,44H,1-14H3;12-39,42H,1-11H3;;/q2*-3;;. The summed E-state index contributed by atoms with van der Waals surface area (Å²) in [5, 5.41) is 4.55. The van der Waals surface area contributed by atoms with Gasteiger partial charge >= 0.3 is 0 Å². The van der Waals surface area contributed by atoms with Gasteiger partial charge in [-0.25, -0.2) is 9.97 Å². The van der Waals surface area contributed by atoms with Gasteiger partial charge in [0, 0.05) is 122 Å². The van der Waals surface area contributed by atoms with Crippen molar-refractivity contribution in [3.63, 3.8) is 0 Å². The van der Waals surface area contributed by atoms with Crippen molar-refractivity contribution in [2.24, 2.45) is 0 Å². The van der Waals surface area contributed by atoms with Gasteiger partial charge in [-0.05, 0) is 219 Å². The second kappa shape index (κ2) is 38.1. The van der Waals surface area contributed by atoms with E-state index in [4.69, 9.17) is 9.97 Å². The monoisotopic (exact) mass is 2220 g/mol. The van der Waals surface area contributed by atoms with E-state index in [1.54, 1.807) is 0 Å². The van der Waals surface area contributed by atoms with Crippen molar-refractivity contribution >= 4 is 123 Å². The Morgan fingerprint density at radius 3 is 0.880 bits per heavy atom. The Morgan fingerprint density at radius 1 is 0.232 bits per heavy atom. The first-order valence-electron chi connectivity index (χ1n) is 49.6. The molecule has 0 spiro atoms. The smallest absolute Gasteiger partial charge is 0.135 e. The average molecular weight is 2220 g/mol.